The highest BCUT2D eigenvalue weighted by Crippen LogP contribution is 2.28. The lowest BCUT2D eigenvalue weighted by Crippen LogP contribution is -2.38. The van der Waals surface area contributed by atoms with Gasteiger partial charge in [-0.15, -0.1) is 11.3 Å². The summed E-state index contributed by atoms with van der Waals surface area (Å²) >= 11 is 1.55. The molecule has 1 fully saturated rings. The standard InChI is InChI=1S/C18H17FN4O2S/c19-14-4-1-3-12(9-14)10-20-18(24)23-7-6-13(11-23)16-21-17(25-22-16)15-5-2-8-26-15/h1-5,8-9,13H,6-7,10-11H2,(H,20,24). The summed E-state index contributed by atoms with van der Waals surface area (Å²) in [5.41, 5.74) is 0.729. The van der Waals surface area contributed by atoms with Gasteiger partial charge >= 0.3 is 6.03 Å². The van der Waals surface area contributed by atoms with Crippen molar-refractivity contribution in [1.82, 2.24) is 20.4 Å². The maximum Gasteiger partial charge on any atom is 0.317 e. The number of hydrogen-bond donors (Lipinski definition) is 1. The summed E-state index contributed by atoms with van der Waals surface area (Å²) in [6, 6.07) is 9.90. The number of hydrogen-bond acceptors (Lipinski definition) is 5. The molecular formula is C18H17FN4O2S. The number of likely N-dealkylation sites (tertiary alicyclic amines) is 1. The van der Waals surface area contributed by atoms with Crippen molar-refractivity contribution in [3.05, 3.63) is 59.0 Å². The van der Waals surface area contributed by atoms with Crippen molar-refractivity contribution < 1.29 is 13.7 Å². The maximum atomic E-state index is 13.2. The molecule has 134 valence electrons. The Labute approximate surface area is 153 Å². The smallest absolute Gasteiger partial charge is 0.317 e. The summed E-state index contributed by atoms with van der Waals surface area (Å²) in [5.74, 6) is 0.904. The molecule has 6 nitrogen and oxygen atoms in total. The van der Waals surface area contributed by atoms with Gasteiger partial charge in [-0.25, -0.2) is 9.18 Å². The van der Waals surface area contributed by atoms with Crippen molar-refractivity contribution >= 4 is 17.4 Å². The lowest BCUT2D eigenvalue weighted by Gasteiger charge is -2.16. The highest BCUT2D eigenvalue weighted by atomic mass is 32.1. The molecule has 2 aromatic heterocycles. The van der Waals surface area contributed by atoms with Crippen LogP contribution in [0.15, 0.2) is 46.3 Å². The molecule has 1 atom stereocenters. The normalized spacial score (nSPS) is 16.8. The zero-order valence-electron chi connectivity index (χ0n) is 13.9. The van der Waals surface area contributed by atoms with Gasteiger partial charge in [0, 0.05) is 25.6 Å². The Balaban J connectivity index is 1.34. The fourth-order valence-electron chi connectivity index (χ4n) is 2.99. The molecule has 2 amide bonds. The second kappa shape index (κ2) is 7.25. The van der Waals surface area contributed by atoms with E-state index < -0.39 is 0 Å². The van der Waals surface area contributed by atoms with Crippen LogP contribution in [0.3, 0.4) is 0 Å². The van der Waals surface area contributed by atoms with Crippen LogP contribution < -0.4 is 5.32 Å². The number of nitrogens with zero attached hydrogens (tertiary/aromatic N) is 3. The average molecular weight is 372 g/mol. The fourth-order valence-corrected chi connectivity index (χ4v) is 3.64. The maximum absolute atomic E-state index is 13.2. The van der Waals surface area contributed by atoms with Gasteiger partial charge < -0.3 is 14.7 Å². The van der Waals surface area contributed by atoms with E-state index in [9.17, 15) is 9.18 Å². The third kappa shape index (κ3) is 3.60. The number of carbonyl (C=O) groups is 1. The fraction of sp³-hybridized carbons (Fsp3) is 0.278. The van der Waals surface area contributed by atoms with Crippen molar-refractivity contribution in [3.8, 4) is 10.8 Å². The molecule has 1 unspecified atom stereocenters. The van der Waals surface area contributed by atoms with Crippen LogP contribution in [0.2, 0.25) is 0 Å². The second-order valence-corrected chi connectivity index (χ2v) is 7.10. The van der Waals surface area contributed by atoms with E-state index in [0.717, 1.165) is 16.9 Å². The monoisotopic (exact) mass is 372 g/mol. The summed E-state index contributed by atoms with van der Waals surface area (Å²) in [5, 5.41) is 8.85. The number of rotatable bonds is 4. The van der Waals surface area contributed by atoms with Gasteiger partial charge in [0.2, 0.25) is 0 Å². The summed E-state index contributed by atoms with van der Waals surface area (Å²) in [4.78, 5) is 19.5. The van der Waals surface area contributed by atoms with E-state index in [2.05, 4.69) is 15.5 Å². The summed E-state index contributed by atoms with van der Waals surface area (Å²) < 4.78 is 18.5. The topological polar surface area (TPSA) is 71.3 Å². The van der Waals surface area contributed by atoms with Gasteiger partial charge in [-0.3, -0.25) is 0 Å². The van der Waals surface area contributed by atoms with Crippen molar-refractivity contribution in [2.24, 2.45) is 0 Å². The predicted molar refractivity (Wildman–Crippen MR) is 95.2 cm³/mol. The molecule has 3 aromatic rings. The first-order valence-electron chi connectivity index (χ1n) is 8.34. The third-order valence-corrected chi connectivity index (χ3v) is 5.20. The molecule has 0 aliphatic carbocycles. The minimum atomic E-state index is -0.309. The van der Waals surface area contributed by atoms with Crippen LogP contribution in [0.5, 0.6) is 0 Å². The highest BCUT2D eigenvalue weighted by molar-refractivity contribution is 7.13. The van der Waals surface area contributed by atoms with Gasteiger partial charge in [0.25, 0.3) is 5.89 Å². The molecule has 0 spiro atoms. The largest absolute Gasteiger partial charge is 0.334 e. The van der Waals surface area contributed by atoms with Gasteiger partial charge in [-0.05, 0) is 35.6 Å². The number of carbonyl (C=O) groups excluding carboxylic acids is 1. The molecule has 1 aliphatic rings. The number of urea groups is 1. The van der Waals surface area contributed by atoms with E-state index in [0.29, 0.717) is 31.3 Å². The van der Waals surface area contributed by atoms with Crippen LogP contribution in [-0.2, 0) is 6.54 Å². The van der Waals surface area contributed by atoms with Crippen molar-refractivity contribution in [3.63, 3.8) is 0 Å². The molecule has 0 bridgehead atoms. The first-order chi connectivity index (χ1) is 12.7. The number of benzene rings is 1. The molecule has 26 heavy (non-hydrogen) atoms. The van der Waals surface area contributed by atoms with Crippen molar-refractivity contribution in [2.75, 3.05) is 13.1 Å². The summed E-state index contributed by atoms with van der Waals surface area (Å²) in [6.45, 7) is 1.46. The number of aromatic nitrogens is 2. The number of amides is 2. The Hall–Kier alpha value is -2.74. The lowest BCUT2D eigenvalue weighted by molar-refractivity contribution is 0.207. The predicted octanol–water partition coefficient (Wildman–Crippen LogP) is 3.64. The van der Waals surface area contributed by atoms with Crippen molar-refractivity contribution in [2.45, 2.75) is 18.9 Å². The number of thiophene rings is 1. The van der Waals surface area contributed by atoms with Crippen molar-refractivity contribution in [1.29, 1.82) is 0 Å². The van der Waals surface area contributed by atoms with Crippen LogP contribution >= 0.6 is 11.3 Å². The Bertz CT molecular complexity index is 896. The van der Waals surface area contributed by atoms with Gasteiger partial charge in [0.1, 0.15) is 5.82 Å². The minimum absolute atomic E-state index is 0.0624. The van der Waals surface area contributed by atoms with E-state index in [4.69, 9.17) is 4.52 Å². The third-order valence-electron chi connectivity index (χ3n) is 4.35. The number of nitrogens with one attached hydrogen (secondary N) is 1. The van der Waals surface area contributed by atoms with E-state index >= 15 is 0 Å². The number of halogens is 1. The molecule has 1 saturated heterocycles. The van der Waals surface area contributed by atoms with E-state index in [1.54, 1.807) is 28.4 Å². The zero-order chi connectivity index (χ0) is 17.9. The van der Waals surface area contributed by atoms with E-state index in [1.807, 2.05) is 17.5 Å². The van der Waals surface area contributed by atoms with Crippen LogP contribution in [0.4, 0.5) is 9.18 Å². The Kier molecular flexibility index (Phi) is 4.66. The molecule has 1 aromatic carbocycles. The zero-order valence-corrected chi connectivity index (χ0v) is 14.7. The summed E-state index contributed by atoms with van der Waals surface area (Å²) in [7, 11) is 0. The molecule has 4 rings (SSSR count). The van der Waals surface area contributed by atoms with Crippen LogP contribution in [0.1, 0.15) is 23.7 Å². The minimum Gasteiger partial charge on any atom is -0.334 e. The Morgan fingerprint density at radius 2 is 2.31 bits per heavy atom. The summed E-state index contributed by atoms with van der Waals surface area (Å²) in [6.07, 6.45) is 0.788. The average Bonchev–Trinajstić information content (AvgIpc) is 3.40. The first kappa shape index (κ1) is 16.7. The molecule has 8 heteroatoms. The Morgan fingerprint density at radius 3 is 3.12 bits per heavy atom. The van der Waals surface area contributed by atoms with Gasteiger partial charge in [-0.1, -0.05) is 23.4 Å². The lowest BCUT2D eigenvalue weighted by atomic mass is 10.1. The SMILES string of the molecule is O=C(NCc1cccc(F)c1)N1CCC(c2noc(-c3cccs3)n2)C1. The van der Waals surface area contributed by atoms with Gasteiger partial charge in [0.15, 0.2) is 5.82 Å². The van der Waals surface area contributed by atoms with Gasteiger partial charge in [0.05, 0.1) is 4.88 Å². The second-order valence-electron chi connectivity index (χ2n) is 6.16. The van der Waals surface area contributed by atoms with E-state index in [1.165, 1.54) is 12.1 Å². The van der Waals surface area contributed by atoms with Crippen LogP contribution in [0, 0.1) is 5.82 Å². The first-order valence-corrected chi connectivity index (χ1v) is 9.22. The van der Waals surface area contributed by atoms with E-state index in [-0.39, 0.29) is 17.8 Å². The molecule has 1 N–H and O–H groups in total. The van der Waals surface area contributed by atoms with Crippen LogP contribution in [0.25, 0.3) is 10.8 Å². The molecule has 0 radical (unpaired) electrons. The van der Waals surface area contributed by atoms with Gasteiger partial charge in [-0.2, -0.15) is 4.98 Å². The molecular weight excluding hydrogens is 355 g/mol. The highest BCUT2D eigenvalue weighted by Gasteiger charge is 2.30. The molecule has 0 saturated carbocycles. The quantitative estimate of drug-likeness (QED) is 0.759. The molecule has 3 heterocycles. The van der Waals surface area contributed by atoms with Crippen LogP contribution in [-0.4, -0.2) is 34.2 Å². The molecule has 1 aliphatic heterocycles. The Morgan fingerprint density at radius 1 is 1.38 bits per heavy atom.